The van der Waals surface area contributed by atoms with Gasteiger partial charge in [0.2, 0.25) is 5.88 Å². The van der Waals surface area contributed by atoms with E-state index >= 15 is 0 Å². The van der Waals surface area contributed by atoms with E-state index in [4.69, 9.17) is 4.74 Å². The number of nitrogens with zero attached hydrogens (tertiary/aromatic N) is 2. The predicted octanol–water partition coefficient (Wildman–Crippen LogP) is 3.55. The fraction of sp³-hybridized carbons (Fsp3) is 0.722. The van der Waals surface area contributed by atoms with E-state index in [-0.39, 0.29) is 18.4 Å². The van der Waals surface area contributed by atoms with Crippen LogP contribution in [0.25, 0.3) is 0 Å². The van der Waals surface area contributed by atoms with Gasteiger partial charge in [0.1, 0.15) is 5.82 Å². The molecular weight excluding hydrogens is 290 g/mol. The summed E-state index contributed by atoms with van der Waals surface area (Å²) in [5.74, 6) is 1.72. The van der Waals surface area contributed by atoms with Gasteiger partial charge in [-0.3, -0.25) is 4.79 Å². The van der Waals surface area contributed by atoms with E-state index < -0.39 is 0 Å². The number of amides is 1. The first-order valence-electron chi connectivity index (χ1n) is 8.76. The normalized spacial score (nSPS) is 15.9. The van der Waals surface area contributed by atoms with Crippen LogP contribution < -0.4 is 10.1 Å². The molecule has 1 aromatic heterocycles. The van der Waals surface area contributed by atoms with Crippen LogP contribution in [0.4, 0.5) is 0 Å². The highest BCUT2D eigenvalue weighted by atomic mass is 16.5. The first-order valence-corrected chi connectivity index (χ1v) is 8.76. The van der Waals surface area contributed by atoms with Crippen LogP contribution >= 0.6 is 0 Å². The third kappa shape index (κ3) is 5.48. The second-order valence-electron chi connectivity index (χ2n) is 6.99. The monoisotopic (exact) mass is 319 g/mol. The van der Waals surface area contributed by atoms with Crippen molar-refractivity contribution in [3.05, 3.63) is 17.6 Å². The Morgan fingerprint density at radius 3 is 2.48 bits per heavy atom. The Hall–Kier alpha value is -1.65. The predicted molar refractivity (Wildman–Crippen MR) is 90.7 cm³/mol. The molecule has 0 spiro atoms. The van der Waals surface area contributed by atoms with E-state index in [1.807, 2.05) is 6.07 Å². The van der Waals surface area contributed by atoms with Gasteiger partial charge in [0.05, 0.1) is 5.69 Å². The van der Waals surface area contributed by atoms with Crippen molar-refractivity contribution in [2.75, 3.05) is 6.61 Å². The Morgan fingerprint density at radius 1 is 1.17 bits per heavy atom. The van der Waals surface area contributed by atoms with Crippen LogP contribution in [0.2, 0.25) is 0 Å². The van der Waals surface area contributed by atoms with Crippen LogP contribution in [0.1, 0.15) is 83.2 Å². The van der Waals surface area contributed by atoms with Crippen molar-refractivity contribution in [1.29, 1.82) is 0 Å². The van der Waals surface area contributed by atoms with Crippen molar-refractivity contribution in [1.82, 2.24) is 15.3 Å². The number of aromatic nitrogens is 2. The van der Waals surface area contributed by atoms with E-state index in [1.54, 1.807) is 0 Å². The first kappa shape index (κ1) is 17.7. The summed E-state index contributed by atoms with van der Waals surface area (Å²) < 4.78 is 5.63. The first-order chi connectivity index (χ1) is 11.0. The average molecular weight is 319 g/mol. The van der Waals surface area contributed by atoms with E-state index in [0.717, 1.165) is 24.4 Å². The molecule has 2 rings (SSSR count). The highest BCUT2D eigenvalue weighted by Gasteiger charge is 2.17. The van der Waals surface area contributed by atoms with Crippen LogP contribution in [-0.4, -0.2) is 28.5 Å². The summed E-state index contributed by atoms with van der Waals surface area (Å²) in [7, 11) is 0. The van der Waals surface area contributed by atoms with Gasteiger partial charge in [-0.25, -0.2) is 4.98 Å². The summed E-state index contributed by atoms with van der Waals surface area (Å²) in [6.45, 7) is 8.30. The molecule has 0 aliphatic heterocycles. The smallest absolute Gasteiger partial charge is 0.258 e. The SMILES string of the molecule is CC(C)c1cc(OCC(=O)NC2CCCCC2)nc(C(C)C)n1. The molecule has 1 amide bonds. The van der Waals surface area contributed by atoms with Gasteiger partial charge in [0, 0.05) is 18.0 Å². The summed E-state index contributed by atoms with van der Waals surface area (Å²) in [6, 6.07) is 2.15. The van der Waals surface area contributed by atoms with Gasteiger partial charge in [0.15, 0.2) is 6.61 Å². The molecule has 0 aromatic carbocycles. The molecule has 5 nitrogen and oxygen atoms in total. The summed E-state index contributed by atoms with van der Waals surface area (Å²) in [5, 5.41) is 3.06. The van der Waals surface area contributed by atoms with Crippen LogP contribution in [-0.2, 0) is 4.79 Å². The molecule has 1 aliphatic carbocycles. The van der Waals surface area contributed by atoms with Gasteiger partial charge < -0.3 is 10.1 Å². The Labute approximate surface area is 139 Å². The lowest BCUT2D eigenvalue weighted by Gasteiger charge is -2.22. The molecule has 0 saturated heterocycles. The molecule has 0 atom stereocenters. The lowest BCUT2D eigenvalue weighted by Crippen LogP contribution is -2.39. The molecule has 23 heavy (non-hydrogen) atoms. The quantitative estimate of drug-likeness (QED) is 0.871. The fourth-order valence-electron chi connectivity index (χ4n) is 2.74. The standard InChI is InChI=1S/C18H29N3O2/c1-12(2)15-10-17(21-18(20-15)13(3)4)23-11-16(22)19-14-8-6-5-7-9-14/h10,12-14H,5-9,11H2,1-4H3,(H,19,22). The number of hydrogen-bond acceptors (Lipinski definition) is 4. The second-order valence-corrected chi connectivity index (χ2v) is 6.99. The summed E-state index contributed by atoms with van der Waals surface area (Å²) in [6.07, 6.45) is 5.84. The molecule has 1 heterocycles. The summed E-state index contributed by atoms with van der Waals surface area (Å²) in [5.41, 5.74) is 0.950. The van der Waals surface area contributed by atoms with Gasteiger partial charge in [-0.1, -0.05) is 47.0 Å². The van der Waals surface area contributed by atoms with Crippen LogP contribution in [0.3, 0.4) is 0 Å². The number of carbonyl (C=O) groups excluding carboxylic acids is 1. The van der Waals surface area contributed by atoms with Crippen molar-refractivity contribution in [3.63, 3.8) is 0 Å². The minimum Gasteiger partial charge on any atom is -0.467 e. The Morgan fingerprint density at radius 2 is 1.87 bits per heavy atom. The Bertz CT molecular complexity index is 497. The van der Waals surface area contributed by atoms with Gasteiger partial charge in [-0.05, 0) is 18.8 Å². The highest BCUT2D eigenvalue weighted by molar-refractivity contribution is 5.77. The van der Waals surface area contributed by atoms with Crippen molar-refractivity contribution < 1.29 is 9.53 Å². The maximum Gasteiger partial charge on any atom is 0.258 e. The third-order valence-corrected chi connectivity index (χ3v) is 4.17. The molecular formula is C18H29N3O2. The molecule has 0 radical (unpaired) electrons. The molecule has 1 N–H and O–H groups in total. The van der Waals surface area contributed by atoms with Crippen molar-refractivity contribution in [3.8, 4) is 5.88 Å². The molecule has 1 saturated carbocycles. The van der Waals surface area contributed by atoms with Gasteiger partial charge in [-0.15, -0.1) is 0 Å². The van der Waals surface area contributed by atoms with Gasteiger partial charge in [0.25, 0.3) is 5.91 Å². The maximum atomic E-state index is 12.0. The van der Waals surface area contributed by atoms with E-state index in [9.17, 15) is 4.79 Å². The zero-order valence-corrected chi connectivity index (χ0v) is 14.8. The molecule has 128 valence electrons. The minimum atomic E-state index is -0.0623. The highest BCUT2D eigenvalue weighted by Crippen LogP contribution is 2.21. The topological polar surface area (TPSA) is 64.1 Å². The summed E-state index contributed by atoms with van der Waals surface area (Å²) in [4.78, 5) is 21.0. The number of hydrogen-bond donors (Lipinski definition) is 1. The zero-order valence-electron chi connectivity index (χ0n) is 14.8. The molecule has 1 aromatic rings. The lowest BCUT2D eigenvalue weighted by atomic mass is 9.95. The largest absolute Gasteiger partial charge is 0.467 e. The number of rotatable bonds is 6. The molecule has 1 fully saturated rings. The van der Waals surface area contributed by atoms with Crippen LogP contribution in [0, 0.1) is 0 Å². The molecule has 5 heteroatoms. The van der Waals surface area contributed by atoms with Crippen molar-refractivity contribution in [2.45, 2.75) is 77.7 Å². The third-order valence-electron chi connectivity index (χ3n) is 4.17. The second kappa shape index (κ2) is 8.27. The zero-order chi connectivity index (χ0) is 16.8. The van der Waals surface area contributed by atoms with E-state index in [0.29, 0.717) is 17.8 Å². The number of nitrogens with one attached hydrogen (secondary N) is 1. The van der Waals surface area contributed by atoms with E-state index in [2.05, 4.69) is 43.0 Å². The minimum absolute atomic E-state index is 0.0165. The van der Waals surface area contributed by atoms with Gasteiger partial charge in [-0.2, -0.15) is 4.98 Å². The van der Waals surface area contributed by atoms with Crippen LogP contribution in [0.5, 0.6) is 5.88 Å². The maximum absolute atomic E-state index is 12.0. The van der Waals surface area contributed by atoms with Crippen molar-refractivity contribution in [2.24, 2.45) is 0 Å². The van der Waals surface area contributed by atoms with E-state index in [1.165, 1.54) is 19.3 Å². The summed E-state index contributed by atoms with van der Waals surface area (Å²) >= 11 is 0. The molecule has 0 unspecified atom stereocenters. The Balaban J connectivity index is 1.94. The van der Waals surface area contributed by atoms with Gasteiger partial charge >= 0.3 is 0 Å². The van der Waals surface area contributed by atoms with Crippen LogP contribution in [0.15, 0.2) is 6.07 Å². The average Bonchev–Trinajstić information content (AvgIpc) is 2.53. The number of carbonyl (C=O) groups is 1. The number of ether oxygens (including phenoxy) is 1. The Kier molecular flexibility index (Phi) is 6.37. The van der Waals surface area contributed by atoms with Crippen molar-refractivity contribution >= 4 is 5.91 Å². The lowest BCUT2D eigenvalue weighted by molar-refractivity contribution is -0.124. The molecule has 1 aliphatic rings. The fourth-order valence-corrected chi connectivity index (χ4v) is 2.74. The molecule has 0 bridgehead atoms.